The summed E-state index contributed by atoms with van der Waals surface area (Å²) in [5, 5.41) is 10.4. The van der Waals surface area contributed by atoms with Crippen LogP contribution in [0.25, 0.3) is 0 Å². The summed E-state index contributed by atoms with van der Waals surface area (Å²) in [6.45, 7) is 4.13. The van der Waals surface area contributed by atoms with Gasteiger partial charge in [0.15, 0.2) is 5.82 Å². The molecule has 122 valence electrons. The number of nitrogens with zero attached hydrogens (tertiary/aromatic N) is 2. The third kappa shape index (κ3) is 3.30. The number of rotatable bonds is 4. The number of hydrogen-bond acceptors (Lipinski definition) is 3. The Kier molecular flexibility index (Phi) is 4.33. The van der Waals surface area contributed by atoms with Crippen LogP contribution in [0, 0.1) is 13.8 Å². The predicted molar refractivity (Wildman–Crippen MR) is 96.8 cm³/mol. The molecule has 2 N–H and O–H groups in total. The van der Waals surface area contributed by atoms with Gasteiger partial charge in [0.25, 0.3) is 5.91 Å². The number of anilines is 3. The molecule has 0 aliphatic heterocycles. The summed E-state index contributed by atoms with van der Waals surface area (Å²) in [5.74, 6) is 0.339. The fourth-order valence-corrected chi connectivity index (χ4v) is 2.49. The highest BCUT2D eigenvalue weighted by Gasteiger charge is 2.13. The van der Waals surface area contributed by atoms with E-state index in [-0.39, 0.29) is 5.91 Å². The van der Waals surface area contributed by atoms with Crippen LogP contribution in [0.2, 0.25) is 0 Å². The number of aromatic nitrogens is 2. The maximum absolute atomic E-state index is 12.6. The molecule has 2 aromatic carbocycles. The maximum Gasteiger partial charge on any atom is 0.258 e. The van der Waals surface area contributed by atoms with Gasteiger partial charge >= 0.3 is 0 Å². The van der Waals surface area contributed by atoms with Crippen LogP contribution in [-0.2, 0) is 7.05 Å². The van der Waals surface area contributed by atoms with E-state index in [0.29, 0.717) is 11.4 Å². The first kappa shape index (κ1) is 15.8. The van der Waals surface area contributed by atoms with E-state index in [4.69, 9.17) is 0 Å². The average Bonchev–Trinajstić information content (AvgIpc) is 2.97. The predicted octanol–water partition coefficient (Wildman–Crippen LogP) is 4.03. The van der Waals surface area contributed by atoms with Crippen molar-refractivity contribution >= 4 is 23.1 Å². The normalized spacial score (nSPS) is 10.5. The molecule has 0 aliphatic rings. The smallest absolute Gasteiger partial charge is 0.258 e. The van der Waals surface area contributed by atoms with Gasteiger partial charge in [-0.3, -0.25) is 9.48 Å². The molecule has 0 fully saturated rings. The lowest BCUT2D eigenvalue weighted by atomic mass is 10.1. The lowest BCUT2D eigenvalue weighted by molar-refractivity contribution is 0.102. The topological polar surface area (TPSA) is 59.0 Å². The van der Waals surface area contributed by atoms with Crippen LogP contribution in [0.15, 0.2) is 54.7 Å². The van der Waals surface area contributed by atoms with Gasteiger partial charge in [-0.25, -0.2) is 0 Å². The average molecular weight is 320 g/mol. The number of carbonyl (C=O) groups is 1. The molecular weight excluding hydrogens is 300 g/mol. The summed E-state index contributed by atoms with van der Waals surface area (Å²) in [7, 11) is 1.81. The summed E-state index contributed by atoms with van der Waals surface area (Å²) < 4.78 is 1.65. The molecule has 5 heteroatoms. The zero-order chi connectivity index (χ0) is 17.1. The molecule has 3 rings (SSSR count). The van der Waals surface area contributed by atoms with E-state index in [1.807, 2.05) is 37.4 Å². The van der Waals surface area contributed by atoms with Crippen molar-refractivity contribution in [2.75, 3.05) is 10.6 Å². The summed E-state index contributed by atoms with van der Waals surface area (Å²) >= 11 is 0. The highest BCUT2D eigenvalue weighted by Crippen LogP contribution is 2.25. The van der Waals surface area contributed by atoms with Gasteiger partial charge in [-0.05, 0) is 43.2 Å². The second-order valence-electron chi connectivity index (χ2n) is 5.75. The fourth-order valence-electron chi connectivity index (χ4n) is 2.49. The minimum absolute atomic E-state index is 0.192. The first-order valence-electron chi connectivity index (χ1n) is 7.78. The van der Waals surface area contributed by atoms with E-state index in [9.17, 15) is 4.79 Å². The van der Waals surface area contributed by atoms with Crippen LogP contribution in [0.1, 0.15) is 21.5 Å². The van der Waals surface area contributed by atoms with Crippen molar-refractivity contribution < 1.29 is 4.79 Å². The third-order valence-corrected chi connectivity index (χ3v) is 4.00. The number of benzene rings is 2. The zero-order valence-corrected chi connectivity index (χ0v) is 14.0. The van der Waals surface area contributed by atoms with Crippen molar-refractivity contribution in [3.63, 3.8) is 0 Å². The number of carbonyl (C=O) groups excluding carboxylic acids is 1. The monoisotopic (exact) mass is 320 g/mol. The van der Waals surface area contributed by atoms with Gasteiger partial charge in [-0.2, -0.15) is 5.10 Å². The molecule has 0 bridgehead atoms. The molecular formula is C19H20N4O. The van der Waals surface area contributed by atoms with Crippen molar-refractivity contribution in [2.45, 2.75) is 13.8 Å². The van der Waals surface area contributed by atoms with E-state index in [1.54, 1.807) is 23.0 Å². The van der Waals surface area contributed by atoms with Crippen molar-refractivity contribution in [1.82, 2.24) is 9.78 Å². The summed E-state index contributed by atoms with van der Waals surface area (Å²) in [6, 6.07) is 15.3. The maximum atomic E-state index is 12.6. The Bertz CT molecular complexity index is 883. The van der Waals surface area contributed by atoms with Crippen molar-refractivity contribution in [3.8, 4) is 0 Å². The number of amides is 1. The lowest BCUT2D eigenvalue weighted by Crippen LogP contribution is -2.14. The Morgan fingerprint density at radius 1 is 1.00 bits per heavy atom. The Labute approximate surface area is 141 Å². The van der Waals surface area contributed by atoms with Gasteiger partial charge in [-0.15, -0.1) is 0 Å². The SMILES string of the molecule is Cc1cccc(Nc2ccccc2C(=O)Nc2ccn(C)n2)c1C. The number of hydrogen-bond donors (Lipinski definition) is 2. The largest absolute Gasteiger partial charge is 0.355 e. The van der Waals surface area contributed by atoms with Crippen LogP contribution in [0.5, 0.6) is 0 Å². The second-order valence-corrected chi connectivity index (χ2v) is 5.75. The van der Waals surface area contributed by atoms with Gasteiger partial charge in [0.2, 0.25) is 0 Å². The molecule has 5 nitrogen and oxygen atoms in total. The van der Waals surface area contributed by atoms with E-state index >= 15 is 0 Å². The van der Waals surface area contributed by atoms with Crippen LogP contribution in [0.4, 0.5) is 17.2 Å². The third-order valence-electron chi connectivity index (χ3n) is 4.00. The standard InChI is InChI=1S/C19H20N4O/c1-13-7-6-10-16(14(13)2)20-17-9-5-4-8-15(17)19(24)21-18-11-12-23(3)22-18/h4-12,20H,1-3H3,(H,21,22,24). The number of aryl methyl sites for hydroxylation is 2. The molecule has 0 spiro atoms. The second kappa shape index (κ2) is 6.58. The quantitative estimate of drug-likeness (QED) is 0.763. The molecule has 1 amide bonds. The van der Waals surface area contributed by atoms with Gasteiger partial charge in [0, 0.05) is 25.0 Å². The fraction of sp³-hybridized carbons (Fsp3) is 0.158. The molecule has 1 heterocycles. The van der Waals surface area contributed by atoms with Gasteiger partial charge in [-0.1, -0.05) is 24.3 Å². The molecule has 24 heavy (non-hydrogen) atoms. The van der Waals surface area contributed by atoms with E-state index < -0.39 is 0 Å². The minimum Gasteiger partial charge on any atom is -0.355 e. The lowest BCUT2D eigenvalue weighted by Gasteiger charge is -2.14. The van der Waals surface area contributed by atoms with Crippen LogP contribution >= 0.6 is 0 Å². The van der Waals surface area contributed by atoms with Gasteiger partial charge < -0.3 is 10.6 Å². The van der Waals surface area contributed by atoms with E-state index in [0.717, 1.165) is 16.9 Å². The van der Waals surface area contributed by atoms with Crippen LogP contribution in [0.3, 0.4) is 0 Å². The molecule has 0 saturated heterocycles. The highest BCUT2D eigenvalue weighted by molar-refractivity contribution is 6.08. The molecule has 1 aromatic heterocycles. The molecule has 0 aliphatic carbocycles. The van der Waals surface area contributed by atoms with Crippen molar-refractivity contribution in [3.05, 3.63) is 71.4 Å². The van der Waals surface area contributed by atoms with Crippen molar-refractivity contribution in [1.29, 1.82) is 0 Å². The summed E-state index contributed by atoms with van der Waals surface area (Å²) in [6.07, 6.45) is 1.79. The Morgan fingerprint density at radius 3 is 2.50 bits per heavy atom. The van der Waals surface area contributed by atoms with Crippen molar-refractivity contribution in [2.24, 2.45) is 7.05 Å². The number of para-hydroxylation sites is 1. The molecule has 0 atom stereocenters. The summed E-state index contributed by atoms with van der Waals surface area (Å²) in [4.78, 5) is 12.6. The number of nitrogens with one attached hydrogen (secondary N) is 2. The molecule has 0 unspecified atom stereocenters. The molecule has 0 radical (unpaired) electrons. The Hall–Kier alpha value is -3.08. The first-order chi connectivity index (χ1) is 11.5. The Morgan fingerprint density at radius 2 is 1.75 bits per heavy atom. The highest BCUT2D eigenvalue weighted by atomic mass is 16.1. The molecule has 0 saturated carbocycles. The Balaban J connectivity index is 1.87. The van der Waals surface area contributed by atoms with E-state index in [2.05, 4.69) is 35.6 Å². The zero-order valence-electron chi connectivity index (χ0n) is 14.0. The minimum atomic E-state index is -0.192. The summed E-state index contributed by atoms with van der Waals surface area (Å²) in [5.41, 5.74) is 4.70. The van der Waals surface area contributed by atoms with E-state index in [1.165, 1.54) is 5.56 Å². The van der Waals surface area contributed by atoms with Gasteiger partial charge in [0.05, 0.1) is 11.3 Å². The van der Waals surface area contributed by atoms with Gasteiger partial charge in [0.1, 0.15) is 0 Å². The molecule has 3 aromatic rings. The van der Waals surface area contributed by atoms with Crippen LogP contribution < -0.4 is 10.6 Å². The first-order valence-corrected chi connectivity index (χ1v) is 7.78. The van der Waals surface area contributed by atoms with Crippen LogP contribution in [-0.4, -0.2) is 15.7 Å².